The fourth-order valence-electron chi connectivity index (χ4n) is 2.90. The van der Waals surface area contributed by atoms with Crippen molar-refractivity contribution in [3.63, 3.8) is 0 Å². The molecule has 1 aromatic rings. The third-order valence-corrected chi connectivity index (χ3v) is 3.95. The van der Waals surface area contributed by atoms with Crippen LogP contribution in [0.25, 0.3) is 6.08 Å². The maximum Gasteiger partial charge on any atom is 0.244 e. The van der Waals surface area contributed by atoms with Gasteiger partial charge in [-0.1, -0.05) is 0 Å². The molecule has 1 atom stereocenters. The molecular formula is C14H18N2O2. The second-order valence-electron chi connectivity index (χ2n) is 5.14. The molecule has 0 aromatic carbocycles. The first-order valence-electron chi connectivity index (χ1n) is 6.54. The fraction of sp³-hybridized carbons (Fsp3) is 0.500. The van der Waals surface area contributed by atoms with E-state index in [0.717, 1.165) is 12.1 Å². The average molecular weight is 246 g/mol. The first-order valence-corrected chi connectivity index (χ1v) is 6.54. The average Bonchev–Trinajstić information content (AvgIpc) is 2.91. The molecule has 1 aromatic heterocycles. The summed E-state index contributed by atoms with van der Waals surface area (Å²) < 4.78 is 4.95. The molecular weight excluding hydrogens is 228 g/mol. The maximum absolute atomic E-state index is 11.8. The van der Waals surface area contributed by atoms with E-state index in [-0.39, 0.29) is 5.91 Å². The molecule has 96 valence electrons. The van der Waals surface area contributed by atoms with Crippen molar-refractivity contribution in [3.05, 3.63) is 30.2 Å². The van der Waals surface area contributed by atoms with Crippen molar-refractivity contribution in [2.24, 2.45) is 5.92 Å². The van der Waals surface area contributed by atoms with Crippen molar-refractivity contribution < 1.29 is 9.21 Å². The van der Waals surface area contributed by atoms with E-state index in [4.69, 9.17) is 4.42 Å². The van der Waals surface area contributed by atoms with Gasteiger partial charge >= 0.3 is 0 Å². The molecule has 3 saturated heterocycles. The molecule has 0 radical (unpaired) electrons. The largest absolute Gasteiger partial charge is 0.472 e. The van der Waals surface area contributed by atoms with Crippen molar-refractivity contribution >= 4 is 12.0 Å². The van der Waals surface area contributed by atoms with Crippen molar-refractivity contribution in [2.75, 3.05) is 19.6 Å². The number of piperidine rings is 3. The van der Waals surface area contributed by atoms with Gasteiger partial charge in [-0.05, 0) is 44.0 Å². The van der Waals surface area contributed by atoms with Crippen LogP contribution in [0.15, 0.2) is 29.1 Å². The standard InChI is InChI=1S/C14H18N2O2/c17-14(2-1-11-5-8-18-10-11)15-13-9-16-6-3-12(13)4-7-16/h1-2,5,8,10,12-13H,3-4,6-7,9H2,(H,15,17)/b2-1+/t13-/m0/s1. The molecule has 0 aliphatic carbocycles. The van der Waals surface area contributed by atoms with Gasteiger partial charge in [0.15, 0.2) is 0 Å². The summed E-state index contributed by atoms with van der Waals surface area (Å²) in [5.41, 5.74) is 0.916. The van der Waals surface area contributed by atoms with Crippen molar-refractivity contribution in [1.29, 1.82) is 0 Å². The predicted octanol–water partition coefficient (Wildman–Crippen LogP) is 1.50. The molecule has 3 aliphatic rings. The van der Waals surface area contributed by atoms with Gasteiger partial charge in [0.2, 0.25) is 5.91 Å². The topological polar surface area (TPSA) is 45.5 Å². The van der Waals surface area contributed by atoms with E-state index in [1.165, 1.54) is 25.9 Å². The highest BCUT2D eigenvalue weighted by Crippen LogP contribution is 2.27. The van der Waals surface area contributed by atoms with Crippen LogP contribution in [-0.2, 0) is 4.79 Å². The van der Waals surface area contributed by atoms with E-state index in [1.807, 2.05) is 6.07 Å². The summed E-state index contributed by atoms with van der Waals surface area (Å²) in [4.78, 5) is 14.3. The smallest absolute Gasteiger partial charge is 0.244 e. The Morgan fingerprint density at radius 2 is 2.28 bits per heavy atom. The number of amides is 1. The highest BCUT2D eigenvalue weighted by atomic mass is 16.3. The van der Waals surface area contributed by atoms with E-state index in [0.29, 0.717) is 12.0 Å². The monoisotopic (exact) mass is 246 g/mol. The number of carbonyl (C=O) groups is 1. The Balaban J connectivity index is 1.55. The highest BCUT2D eigenvalue weighted by molar-refractivity contribution is 5.91. The number of furan rings is 1. The Kier molecular flexibility index (Phi) is 3.19. The summed E-state index contributed by atoms with van der Waals surface area (Å²) in [6.45, 7) is 3.40. The lowest BCUT2D eigenvalue weighted by molar-refractivity contribution is -0.118. The van der Waals surface area contributed by atoms with Gasteiger partial charge in [0.1, 0.15) is 0 Å². The van der Waals surface area contributed by atoms with Crippen LogP contribution in [0, 0.1) is 5.92 Å². The molecule has 3 aliphatic heterocycles. The Labute approximate surface area is 107 Å². The number of carbonyl (C=O) groups excluding carboxylic acids is 1. The minimum absolute atomic E-state index is 0.00468. The second kappa shape index (κ2) is 4.98. The fourth-order valence-corrected chi connectivity index (χ4v) is 2.90. The van der Waals surface area contributed by atoms with Gasteiger partial charge in [0.25, 0.3) is 0 Å². The van der Waals surface area contributed by atoms with Crippen molar-refractivity contribution in [2.45, 2.75) is 18.9 Å². The van der Waals surface area contributed by atoms with Crippen LogP contribution < -0.4 is 5.32 Å². The Morgan fingerprint density at radius 1 is 1.44 bits per heavy atom. The quantitative estimate of drug-likeness (QED) is 0.822. The van der Waals surface area contributed by atoms with Crippen molar-refractivity contribution in [3.8, 4) is 0 Å². The molecule has 0 spiro atoms. The molecule has 18 heavy (non-hydrogen) atoms. The first kappa shape index (κ1) is 11.5. The van der Waals surface area contributed by atoms with Crippen LogP contribution >= 0.6 is 0 Å². The number of hydrogen-bond acceptors (Lipinski definition) is 3. The molecule has 1 N–H and O–H groups in total. The molecule has 1 amide bonds. The highest BCUT2D eigenvalue weighted by Gasteiger charge is 2.34. The maximum atomic E-state index is 11.8. The third-order valence-electron chi connectivity index (χ3n) is 3.95. The van der Waals surface area contributed by atoms with Crippen LogP contribution in [0.1, 0.15) is 18.4 Å². The summed E-state index contributed by atoms with van der Waals surface area (Å²) in [5, 5.41) is 3.11. The normalized spacial score (nSPS) is 30.8. The number of rotatable bonds is 3. The van der Waals surface area contributed by atoms with Crippen LogP contribution in [0.2, 0.25) is 0 Å². The lowest BCUT2D eigenvalue weighted by atomic mass is 9.84. The SMILES string of the molecule is O=C(/C=C/c1ccoc1)N[C@H]1CN2CCC1CC2. The van der Waals surface area contributed by atoms with Crippen LogP contribution in [0.3, 0.4) is 0 Å². The van der Waals surface area contributed by atoms with Gasteiger partial charge in [-0.2, -0.15) is 0 Å². The van der Waals surface area contributed by atoms with Crippen LogP contribution in [0.4, 0.5) is 0 Å². The van der Waals surface area contributed by atoms with Crippen LogP contribution in [-0.4, -0.2) is 36.5 Å². The third kappa shape index (κ3) is 2.48. The predicted molar refractivity (Wildman–Crippen MR) is 68.8 cm³/mol. The summed E-state index contributed by atoms with van der Waals surface area (Å²) in [5.74, 6) is 0.663. The molecule has 0 saturated carbocycles. The molecule has 0 unspecified atom stereocenters. The van der Waals surface area contributed by atoms with Gasteiger partial charge in [-0.3, -0.25) is 4.79 Å². The zero-order valence-corrected chi connectivity index (χ0v) is 10.3. The van der Waals surface area contributed by atoms with E-state index < -0.39 is 0 Å². The summed E-state index contributed by atoms with van der Waals surface area (Å²) in [6, 6.07) is 2.16. The molecule has 3 fully saturated rings. The van der Waals surface area contributed by atoms with E-state index >= 15 is 0 Å². The molecule has 4 heteroatoms. The van der Waals surface area contributed by atoms with Crippen molar-refractivity contribution in [1.82, 2.24) is 10.2 Å². The zero-order chi connectivity index (χ0) is 12.4. The van der Waals surface area contributed by atoms with Gasteiger partial charge in [0.05, 0.1) is 12.5 Å². The summed E-state index contributed by atoms with van der Waals surface area (Å²) in [7, 11) is 0. The minimum Gasteiger partial charge on any atom is -0.472 e. The zero-order valence-electron chi connectivity index (χ0n) is 10.3. The van der Waals surface area contributed by atoms with Gasteiger partial charge in [0, 0.05) is 24.2 Å². The number of nitrogens with one attached hydrogen (secondary N) is 1. The lowest BCUT2D eigenvalue weighted by Gasteiger charge is -2.44. The van der Waals surface area contributed by atoms with E-state index in [2.05, 4.69) is 10.2 Å². The molecule has 2 bridgehead atoms. The number of nitrogens with zero attached hydrogens (tertiary/aromatic N) is 1. The second-order valence-corrected chi connectivity index (χ2v) is 5.14. The summed E-state index contributed by atoms with van der Waals surface area (Å²) >= 11 is 0. The number of hydrogen-bond donors (Lipinski definition) is 1. The molecule has 4 heterocycles. The van der Waals surface area contributed by atoms with Gasteiger partial charge < -0.3 is 14.6 Å². The Bertz CT molecular complexity index is 431. The Hall–Kier alpha value is -1.55. The number of fused-ring (bicyclic) bond motifs is 3. The Morgan fingerprint density at radius 3 is 2.89 bits per heavy atom. The molecule has 4 rings (SSSR count). The molecule has 4 nitrogen and oxygen atoms in total. The van der Waals surface area contributed by atoms with E-state index in [1.54, 1.807) is 24.7 Å². The van der Waals surface area contributed by atoms with Gasteiger partial charge in [-0.15, -0.1) is 0 Å². The summed E-state index contributed by atoms with van der Waals surface area (Å²) in [6.07, 6.45) is 9.03. The minimum atomic E-state index is -0.00468. The van der Waals surface area contributed by atoms with Gasteiger partial charge in [-0.25, -0.2) is 0 Å². The van der Waals surface area contributed by atoms with Crippen LogP contribution in [0.5, 0.6) is 0 Å². The lowest BCUT2D eigenvalue weighted by Crippen LogP contribution is -2.57. The first-order chi connectivity index (χ1) is 8.81. The van der Waals surface area contributed by atoms with E-state index in [9.17, 15) is 4.79 Å².